The van der Waals surface area contributed by atoms with E-state index >= 15 is 0 Å². The monoisotopic (exact) mass is 524 g/mol. The van der Waals surface area contributed by atoms with E-state index < -0.39 is 10.0 Å². The van der Waals surface area contributed by atoms with E-state index in [4.69, 9.17) is 0 Å². The molecule has 1 N–H and O–H groups in total. The molecule has 7 heteroatoms. The molecule has 1 saturated heterocycles. The quantitative estimate of drug-likeness (QED) is 0.618. The third kappa shape index (κ3) is 4.51. The number of hydrogen-bond acceptors (Lipinski definition) is 3. The third-order valence-electron chi connectivity index (χ3n) is 5.89. The first kappa shape index (κ1) is 20.8. The van der Waals surface area contributed by atoms with Gasteiger partial charge in [-0.05, 0) is 90.1 Å². The predicted molar refractivity (Wildman–Crippen MR) is 121 cm³/mol. The van der Waals surface area contributed by atoms with Gasteiger partial charge in [0.15, 0.2) is 0 Å². The number of halogens is 1. The van der Waals surface area contributed by atoms with Crippen molar-refractivity contribution < 1.29 is 13.2 Å². The highest BCUT2D eigenvalue weighted by atomic mass is 127. The first-order valence-electron chi connectivity index (χ1n) is 10.1. The topological polar surface area (TPSA) is 66.5 Å². The Balaban J connectivity index is 1.46. The average Bonchev–Trinajstić information content (AvgIpc) is 2.74. The number of piperidine rings is 1. The van der Waals surface area contributed by atoms with Gasteiger partial charge < -0.3 is 5.32 Å². The van der Waals surface area contributed by atoms with Crippen LogP contribution < -0.4 is 5.32 Å². The molecule has 1 amide bonds. The van der Waals surface area contributed by atoms with Crippen molar-refractivity contribution in [2.45, 2.75) is 43.0 Å². The molecule has 0 aromatic heterocycles. The number of benzene rings is 2. The van der Waals surface area contributed by atoms with Gasteiger partial charge in [0.05, 0.1) is 16.9 Å². The second-order valence-corrected chi connectivity index (χ2v) is 11.0. The second kappa shape index (κ2) is 8.73. The smallest absolute Gasteiger partial charge is 0.243 e. The predicted octanol–water partition coefficient (Wildman–Crippen LogP) is 3.89. The minimum absolute atomic E-state index is 0.0237. The largest absolute Gasteiger partial charge is 0.349 e. The Morgan fingerprint density at radius 1 is 1.03 bits per heavy atom. The number of amides is 1. The standard InChI is InChI=1S/C22H25IN2O3S/c23-18-10-12-19(13-11-18)29(27,28)25-14-4-7-17(15-25)22(26)24-21-9-3-6-16-5-1-2-8-20(16)21/h1-2,5,8,10-13,17,21H,3-4,6-7,9,14-15H2,(H,24,26). The molecular formula is C22H25IN2O3S. The van der Waals surface area contributed by atoms with Gasteiger partial charge in [-0.1, -0.05) is 24.3 Å². The van der Waals surface area contributed by atoms with Crippen molar-refractivity contribution in [3.05, 3.63) is 63.2 Å². The zero-order valence-corrected chi connectivity index (χ0v) is 19.2. The Bertz CT molecular complexity index is 991. The number of carbonyl (C=O) groups is 1. The van der Waals surface area contributed by atoms with E-state index in [0.717, 1.165) is 29.3 Å². The summed E-state index contributed by atoms with van der Waals surface area (Å²) in [7, 11) is -3.58. The van der Waals surface area contributed by atoms with E-state index in [1.807, 2.05) is 12.1 Å². The summed E-state index contributed by atoms with van der Waals surface area (Å²) in [6, 6.07) is 15.2. The highest BCUT2D eigenvalue weighted by Gasteiger charge is 2.34. The molecule has 1 heterocycles. The van der Waals surface area contributed by atoms with Gasteiger partial charge in [0, 0.05) is 16.7 Å². The fourth-order valence-corrected chi connectivity index (χ4v) is 6.21. The number of rotatable bonds is 4. The van der Waals surface area contributed by atoms with Gasteiger partial charge in [0.25, 0.3) is 0 Å². The number of nitrogens with zero attached hydrogens (tertiary/aromatic N) is 1. The highest BCUT2D eigenvalue weighted by molar-refractivity contribution is 14.1. The normalized spacial score (nSPS) is 22.7. The van der Waals surface area contributed by atoms with Crippen molar-refractivity contribution in [2.75, 3.05) is 13.1 Å². The van der Waals surface area contributed by atoms with Crippen LogP contribution in [-0.4, -0.2) is 31.7 Å². The number of aryl methyl sites for hydroxylation is 1. The minimum Gasteiger partial charge on any atom is -0.349 e. The molecule has 0 radical (unpaired) electrons. The summed E-state index contributed by atoms with van der Waals surface area (Å²) in [6.07, 6.45) is 4.45. The van der Waals surface area contributed by atoms with Crippen molar-refractivity contribution in [1.29, 1.82) is 0 Å². The molecule has 0 saturated carbocycles. The summed E-state index contributed by atoms with van der Waals surface area (Å²) in [5.74, 6) is -0.342. The van der Waals surface area contributed by atoms with Gasteiger partial charge in [0.2, 0.25) is 15.9 Å². The Hall–Kier alpha value is -1.45. The molecule has 154 valence electrons. The lowest BCUT2D eigenvalue weighted by atomic mass is 9.87. The molecule has 0 bridgehead atoms. The average molecular weight is 524 g/mol. The molecule has 0 spiro atoms. The summed E-state index contributed by atoms with van der Waals surface area (Å²) >= 11 is 2.16. The zero-order chi connectivity index (χ0) is 20.4. The van der Waals surface area contributed by atoms with Crippen LogP contribution in [0.1, 0.15) is 42.9 Å². The number of nitrogens with one attached hydrogen (secondary N) is 1. The van der Waals surface area contributed by atoms with Crippen molar-refractivity contribution in [3.63, 3.8) is 0 Å². The molecule has 2 aromatic carbocycles. The molecule has 1 aliphatic heterocycles. The SMILES string of the molecule is O=C(NC1CCCc2ccccc21)C1CCCN(S(=O)(=O)c2ccc(I)cc2)C1. The molecule has 2 unspecified atom stereocenters. The van der Waals surface area contributed by atoms with Crippen LogP contribution >= 0.6 is 22.6 Å². The van der Waals surface area contributed by atoms with E-state index in [9.17, 15) is 13.2 Å². The molecular weight excluding hydrogens is 499 g/mol. The van der Waals surface area contributed by atoms with Gasteiger partial charge in [0.1, 0.15) is 0 Å². The molecule has 2 aromatic rings. The van der Waals surface area contributed by atoms with E-state index in [2.05, 4.69) is 40.0 Å². The maximum Gasteiger partial charge on any atom is 0.243 e. The van der Waals surface area contributed by atoms with Gasteiger partial charge in [-0.25, -0.2) is 8.42 Å². The fraction of sp³-hybridized carbons (Fsp3) is 0.409. The van der Waals surface area contributed by atoms with Crippen LogP contribution in [0.15, 0.2) is 53.4 Å². The summed E-state index contributed by atoms with van der Waals surface area (Å²) in [5, 5.41) is 3.20. The summed E-state index contributed by atoms with van der Waals surface area (Å²) < 4.78 is 28.5. The Morgan fingerprint density at radius 2 is 1.79 bits per heavy atom. The summed E-state index contributed by atoms with van der Waals surface area (Å²) in [6.45, 7) is 0.707. The number of fused-ring (bicyclic) bond motifs is 1. The van der Waals surface area contributed by atoms with Crippen molar-refractivity contribution in [2.24, 2.45) is 5.92 Å². The lowest BCUT2D eigenvalue weighted by Crippen LogP contribution is -2.46. The molecule has 1 fully saturated rings. The summed E-state index contributed by atoms with van der Waals surface area (Å²) in [4.78, 5) is 13.3. The fourth-order valence-electron chi connectivity index (χ4n) is 4.32. The van der Waals surface area contributed by atoms with E-state index in [1.54, 1.807) is 24.3 Å². The Kier molecular flexibility index (Phi) is 6.27. The lowest BCUT2D eigenvalue weighted by molar-refractivity contribution is -0.127. The van der Waals surface area contributed by atoms with Crippen molar-refractivity contribution in [1.82, 2.24) is 9.62 Å². The Labute approximate surface area is 186 Å². The first-order chi connectivity index (χ1) is 13.9. The molecule has 29 heavy (non-hydrogen) atoms. The van der Waals surface area contributed by atoms with Crippen molar-refractivity contribution in [3.8, 4) is 0 Å². The first-order valence-corrected chi connectivity index (χ1v) is 12.6. The number of hydrogen-bond donors (Lipinski definition) is 1. The van der Waals surface area contributed by atoms with Gasteiger partial charge in [-0.3, -0.25) is 4.79 Å². The van der Waals surface area contributed by atoms with E-state index in [0.29, 0.717) is 17.9 Å². The lowest BCUT2D eigenvalue weighted by Gasteiger charge is -2.33. The van der Waals surface area contributed by atoms with Crippen LogP contribution in [0.25, 0.3) is 0 Å². The third-order valence-corrected chi connectivity index (χ3v) is 8.49. The maximum atomic E-state index is 13.0. The van der Waals surface area contributed by atoms with E-state index in [-0.39, 0.29) is 24.4 Å². The Morgan fingerprint density at radius 3 is 2.59 bits per heavy atom. The van der Waals surface area contributed by atoms with Gasteiger partial charge >= 0.3 is 0 Å². The van der Waals surface area contributed by atoms with Crippen LogP contribution in [-0.2, 0) is 21.2 Å². The number of carbonyl (C=O) groups excluding carboxylic acids is 1. The molecule has 2 atom stereocenters. The highest BCUT2D eigenvalue weighted by Crippen LogP contribution is 2.31. The molecule has 1 aliphatic carbocycles. The second-order valence-electron chi connectivity index (χ2n) is 7.81. The van der Waals surface area contributed by atoms with Crippen LogP contribution in [0.3, 0.4) is 0 Å². The minimum atomic E-state index is -3.58. The molecule has 4 rings (SSSR count). The van der Waals surface area contributed by atoms with Crippen LogP contribution in [0.4, 0.5) is 0 Å². The molecule has 2 aliphatic rings. The van der Waals surface area contributed by atoms with Gasteiger partial charge in [-0.15, -0.1) is 0 Å². The zero-order valence-electron chi connectivity index (χ0n) is 16.2. The van der Waals surface area contributed by atoms with Crippen LogP contribution in [0.2, 0.25) is 0 Å². The van der Waals surface area contributed by atoms with Crippen molar-refractivity contribution >= 4 is 38.5 Å². The molecule has 5 nitrogen and oxygen atoms in total. The van der Waals surface area contributed by atoms with Crippen LogP contribution in [0, 0.1) is 9.49 Å². The van der Waals surface area contributed by atoms with E-state index in [1.165, 1.54) is 15.4 Å². The maximum absolute atomic E-state index is 13.0. The summed E-state index contributed by atoms with van der Waals surface area (Å²) in [5.41, 5.74) is 2.50. The van der Waals surface area contributed by atoms with Crippen LogP contribution in [0.5, 0.6) is 0 Å². The van der Waals surface area contributed by atoms with Gasteiger partial charge in [-0.2, -0.15) is 4.31 Å². The number of sulfonamides is 1.